The van der Waals surface area contributed by atoms with E-state index in [1.165, 1.54) is 0 Å². The lowest BCUT2D eigenvalue weighted by Crippen LogP contribution is -2.17. The van der Waals surface area contributed by atoms with Gasteiger partial charge in [-0.1, -0.05) is 13.8 Å². The molecule has 0 aliphatic carbocycles. The number of hydrazine groups is 1. The Bertz CT molecular complexity index is 398. The summed E-state index contributed by atoms with van der Waals surface area (Å²) in [5.41, 5.74) is 3.54. The second-order valence-corrected chi connectivity index (χ2v) is 5.74. The Balaban J connectivity index is 3.04. The number of nitrogen functional groups attached to an aromatic ring is 1. The summed E-state index contributed by atoms with van der Waals surface area (Å²) in [5.74, 6) is 6.93. The Kier molecular flexibility index (Phi) is 5.84. The summed E-state index contributed by atoms with van der Waals surface area (Å²) in [7, 11) is 0. The minimum absolute atomic E-state index is 0.0821. The van der Waals surface area contributed by atoms with E-state index in [-0.39, 0.29) is 11.4 Å². The van der Waals surface area contributed by atoms with Gasteiger partial charge < -0.3 is 10.5 Å². The molecule has 1 heterocycles. The highest BCUT2D eigenvalue weighted by molar-refractivity contribution is 7.99. The van der Waals surface area contributed by atoms with Crippen LogP contribution in [-0.2, 0) is 6.42 Å². The van der Waals surface area contributed by atoms with Gasteiger partial charge in [0.25, 0.3) is 0 Å². The average Bonchev–Trinajstić information content (AvgIpc) is 2.33. The van der Waals surface area contributed by atoms with Crippen LogP contribution in [0.15, 0.2) is 5.03 Å². The minimum atomic E-state index is -0.381. The first-order chi connectivity index (χ1) is 8.49. The maximum absolute atomic E-state index is 9.57. The van der Waals surface area contributed by atoms with Gasteiger partial charge in [-0.25, -0.2) is 15.8 Å². The van der Waals surface area contributed by atoms with E-state index in [9.17, 15) is 5.11 Å². The number of thioether (sulfide) groups is 1. The molecule has 0 spiro atoms. The second kappa shape index (κ2) is 6.92. The minimum Gasteiger partial charge on any atom is -0.392 e. The first-order valence-electron chi connectivity index (χ1n) is 6.18. The molecule has 1 rings (SSSR count). The van der Waals surface area contributed by atoms with Gasteiger partial charge >= 0.3 is 0 Å². The van der Waals surface area contributed by atoms with Crippen LogP contribution in [0.4, 0.5) is 5.82 Å². The van der Waals surface area contributed by atoms with Crippen molar-refractivity contribution in [3.05, 3.63) is 11.4 Å². The van der Waals surface area contributed by atoms with E-state index in [0.29, 0.717) is 5.82 Å². The lowest BCUT2D eigenvalue weighted by Gasteiger charge is -2.16. The third-order valence-electron chi connectivity index (χ3n) is 2.73. The summed E-state index contributed by atoms with van der Waals surface area (Å²) in [4.78, 5) is 8.91. The smallest absolute Gasteiger partial charge is 0.147 e. The zero-order valence-corrected chi connectivity index (χ0v) is 12.2. The first-order valence-corrected chi connectivity index (χ1v) is 7.06. The zero-order valence-electron chi connectivity index (χ0n) is 11.4. The van der Waals surface area contributed by atoms with Gasteiger partial charge in [-0.3, -0.25) is 0 Å². The number of aliphatic hydroxyl groups excluding tert-OH is 1. The number of hydrogen-bond acceptors (Lipinski definition) is 6. The molecule has 2 atom stereocenters. The van der Waals surface area contributed by atoms with Gasteiger partial charge in [0.1, 0.15) is 16.7 Å². The third kappa shape index (κ3) is 3.83. The molecule has 1 aromatic rings. The van der Waals surface area contributed by atoms with E-state index in [2.05, 4.69) is 22.3 Å². The summed E-state index contributed by atoms with van der Waals surface area (Å²) in [6.45, 7) is 7.78. The third-order valence-corrected chi connectivity index (χ3v) is 4.12. The number of rotatable bonds is 6. The van der Waals surface area contributed by atoms with Crippen LogP contribution < -0.4 is 11.3 Å². The van der Waals surface area contributed by atoms with E-state index in [1.807, 2.05) is 13.8 Å². The Morgan fingerprint density at radius 2 is 2.06 bits per heavy atom. The maximum atomic E-state index is 9.57. The Morgan fingerprint density at radius 1 is 1.39 bits per heavy atom. The molecule has 0 saturated heterocycles. The quantitative estimate of drug-likeness (QED) is 0.317. The summed E-state index contributed by atoms with van der Waals surface area (Å²) >= 11 is 1.55. The number of nitrogens with two attached hydrogens (primary N) is 1. The molecule has 2 unspecified atom stereocenters. The van der Waals surface area contributed by atoms with Gasteiger partial charge in [-0.2, -0.15) is 0 Å². The van der Waals surface area contributed by atoms with Crippen LogP contribution >= 0.6 is 11.8 Å². The highest BCUT2D eigenvalue weighted by atomic mass is 32.2. The first kappa shape index (κ1) is 15.2. The van der Waals surface area contributed by atoms with Gasteiger partial charge in [0, 0.05) is 17.2 Å². The SMILES string of the molecule is CCCc1nc(NN)c(C)c(SC(C)C(C)O)n1. The summed E-state index contributed by atoms with van der Waals surface area (Å²) in [5, 5.41) is 10.5. The number of aliphatic hydroxyl groups is 1. The normalized spacial score (nSPS) is 14.3. The molecule has 0 aliphatic rings. The van der Waals surface area contributed by atoms with E-state index < -0.39 is 0 Å². The molecule has 5 nitrogen and oxygen atoms in total. The fourth-order valence-electron chi connectivity index (χ4n) is 1.41. The van der Waals surface area contributed by atoms with Crippen LogP contribution in [0.1, 0.15) is 38.6 Å². The average molecular weight is 270 g/mol. The fraction of sp³-hybridized carbons (Fsp3) is 0.667. The van der Waals surface area contributed by atoms with Gasteiger partial charge in [0.15, 0.2) is 0 Å². The molecule has 0 aliphatic heterocycles. The van der Waals surface area contributed by atoms with Crippen molar-refractivity contribution in [1.82, 2.24) is 9.97 Å². The molecule has 0 amide bonds. The van der Waals surface area contributed by atoms with Crippen molar-refractivity contribution in [2.45, 2.75) is 56.9 Å². The second-order valence-electron chi connectivity index (χ2n) is 4.38. The van der Waals surface area contributed by atoms with E-state index in [1.54, 1.807) is 18.7 Å². The van der Waals surface area contributed by atoms with Crippen molar-refractivity contribution in [1.29, 1.82) is 0 Å². The topological polar surface area (TPSA) is 84.1 Å². The number of nitrogens with zero attached hydrogens (tertiary/aromatic N) is 2. The summed E-state index contributed by atoms with van der Waals surface area (Å²) in [6, 6.07) is 0. The van der Waals surface area contributed by atoms with Gasteiger partial charge in [0.2, 0.25) is 0 Å². The van der Waals surface area contributed by atoms with Crippen molar-refractivity contribution in [3.63, 3.8) is 0 Å². The van der Waals surface area contributed by atoms with Crippen LogP contribution in [0.3, 0.4) is 0 Å². The number of aromatic nitrogens is 2. The Hall–Kier alpha value is -0.850. The van der Waals surface area contributed by atoms with Gasteiger partial charge in [-0.15, -0.1) is 11.8 Å². The number of hydrogen-bond donors (Lipinski definition) is 3. The van der Waals surface area contributed by atoms with Crippen LogP contribution in [0.2, 0.25) is 0 Å². The Morgan fingerprint density at radius 3 is 2.56 bits per heavy atom. The predicted octanol–water partition coefficient (Wildman–Crippen LogP) is 1.88. The molecule has 0 aromatic carbocycles. The van der Waals surface area contributed by atoms with Gasteiger partial charge in [-0.05, 0) is 20.3 Å². The summed E-state index contributed by atoms with van der Waals surface area (Å²) < 4.78 is 0. The Labute approximate surface area is 113 Å². The standard InChI is InChI=1S/C12H22N4OS/c1-5-6-10-14-11(16-13)7(2)12(15-10)18-9(4)8(3)17/h8-9,17H,5-6,13H2,1-4H3,(H,14,15,16). The van der Waals surface area contributed by atoms with Crippen LogP contribution in [0.5, 0.6) is 0 Å². The molecule has 18 heavy (non-hydrogen) atoms. The molecule has 6 heteroatoms. The molecule has 0 bridgehead atoms. The van der Waals surface area contributed by atoms with Crippen LogP contribution in [-0.4, -0.2) is 26.4 Å². The monoisotopic (exact) mass is 270 g/mol. The number of aryl methyl sites for hydroxylation is 1. The summed E-state index contributed by atoms with van der Waals surface area (Å²) in [6.07, 6.45) is 1.43. The van der Waals surface area contributed by atoms with E-state index >= 15 is 0 Å². The molecule has 0 fully saturated rings. The van der Waals surface area contributed by atoms with Crippen molar-refractivity contribution < 1.29 is 5.11 Å². The lowest BCUT2D eigenvalue weighted by atomic mass is 10.3. The molecule has 0 radical (unpaired) electrons. The van der Waals surface area contributed by atoms with Gasteiger partial charge in [0.05, 0.1) is 6.10 Å². The maximum Gasteiger partial charge on any atom is 0.147 e. The largest absolute Gasteiger partial charge is 0.392 e. The molecule has 4 N–H and O–H groups in total. The number of nitrogens with one attached hydrogen (secondary N) is 1. The van der Waals surface area contributed by atoms with Crippen LogP contribution in [0, 0.1) is 6.92 Å². The highest BCUT2D eigenvalue weighted by Gasteiger charge is 2.16. The molecular weight excluding hydrogens is 248 g/mol. The van der Waals surface area contributed by atoms with Crippen molar-refractivity contribution in [2.24, 2.45) is 5.84 Å². The van der Waals surface area contributed by atoms with Crippen molar-refractivity contribution in [3.8, 4) is 0 Å². The zero-order chi connectivity index (χ0) is 13.7. The van der Waals surface area contributed by atoms with Crippen LogP contribution in [0.25, 0.3) is 0 Å². The van der Waals surface area contributed by atoms with Crippen molar-refractivity contribution >= 4 is 17.6 Å². The number of anilines is 1. The highest BCUT2D eigenvalue weighted by Crippen LogP contribution is 2.29. The van der Waals surface area contributed by atoms with E-state index in [4.69, 9.17) is 5.84 Å². The lowest BCUT2D eigenvalue weighted by molar-refractivity contribution is 0.196. The molecule has 0 saturated carbocycles. The van der Waals surface area contributed by atoms with Crippen molar-refractivity contribution in [2.75, 3.05) is 5.43 Å². The predicted molar refractivity (Wildman–Crippen MR) is 75.6 cm³/mol. The molecule has 1 aromatic heterocycles. The van der Waals surface area contributed by atoms with E-state index in [0.717, 1.165) is 29.3 Å². The fourth-order valence-corrected chi connectivity index (χ4v) is 2.39. The molecule has 102 valence electrons. The molecular formula is C12H22N4OS.